The Morgan fingerprint density at radius 2 is 2.33 bits per heavy atom. The maximum Gasteiger partial charge on any atom is 0.321 e. The number of anilines is 1. The highest BCUT2D eigenvalue weighted by Crippen LogP contribution is 2.31. The first-order valence-electron chi connectivity index (χ1n) is 8.47. The van der Waals surface area contributed by atoms with Crippen molar-refractivity contribution in [3.05, 3.63) is 40.7 Å². The quantitative estimate of drug-likeness (QED) is 0.911. The van der Waals surface area contributed by atoms with Crippen LogP contribution in [0.3, 0.4) is 0 Å². The van der Waals surface area contributed by atoms with E-state index in [1.54, 1.807) is 11.9 Å². The van der Waals surface area contributed by atoms with Crippen LogP contribution in [0.5, 0.6) is 5.75 Å². The van der Waals surface area contributed by atoms with Gasteiger partial charge < -0.3 is 15.0 Å². The number of amides is 2. The monoisotopic (exact) mass is 326 g/mol. The van der Waals surface area contributed by atoms with E-state index in [0.717, 1.165) is 42.0 Å². The number of carbonyl (C=O) groups is 1. The minimum atomic E-state index is -0.128. The summed E-state index contributed by atoms with van der Waals surface area (Å²) < 4.78 is 5.69. The number of hydrogen-bond donors (Lipinski definition) is 2. The van der Waals surface area contributed by atoms with E-state index in [1.165, 1.54) is 17.7 Å². The number of urea groups is 1. The van der Waals surface area contributed by atoms with E-state index in [0.29, 0.717) is 6.54 Å². The van der Waals surface area contributed by atoms with Crippen LogP contribution in [0.2, 0.25) is 0 Å². The van der Waals surface area contributed by atoms with Crippen molar-refractivity contribution in [3.8, 4) is 5.75 Å². The number of benzene rings is 1. The normalized spacial score (nSPS) is 18.0. The molecule has 4 rings (SSSR count). The van der Waals surface area contributed by atoms with Gasteiger partial charge in [-0.3, -0.25) is 5.10 Å². The summed E-state index contributed by atoms with van der Waals surface area (Å²) in [5.74, 6) is 0.918. The van der Waals surface area contributed by atoms with Crippen LogP contribution in [-0.2, 0) is 25.8 Å². The molecule has 6 nitrogen and oxygen atoms in total. The number of H-pyrrole nitrogens is 1. The van der Waals surface area contributed by atoms with E-state index < -0.39 is 0 Å². The minimum absolute atomic E-state index is 0.128. The fraction of sp³-hybridized carbons (Fsp3) is 0.444. The number of fused-ring (bicyclic) bond motifs is 2. The molecule has 2 heterocycles. The van der Waals surface area contributed by atoms with Crippen LogP contribution in [0.15, 0.2) is 18.2 Å². The highest BCUT2D eigenvalue weighted by Gasteiger charge is 2.22. The van der Waals surface area contributed by atoms with Crippen LogP contribution in [-0.4, -0.2) is 34.3 Å². The van der Waals surface area contributed by atoms with Crippen molar-refractivity contribution in [3.63, 3.8) is 0 Å². The smallest absolute Gasteiger partial charge is 0.321 e. The third-order valence-corrected chi connectivity index (χ3v) is 4.77. The van der Waals surface area contributed by atoms with Gasteiger partial charge in [-0.1, -0.05) is 0 Å². The Morgan fingerprint density at radius 3 is 3.21 bits per heavy atom. The van der Waals surface area contributed by atoms with Crippen molar-refractivity contribution in [2.24, 2.45) is 0 Å². The van der Waals surface area contributed by atoms with Crippen LogP contribution in [0, 0.1) is 0 Å². The molecule has 1 aromatic heterocycles. The van der Waals surface area contributed by atoms with Gasteiger partial charge in [-0.2, -0.15) is 5.10 Å². The largest absolute Gasteiger partial charge is 0.490 e. The van der Waals surface area contributed by atoms with Gasteiger partial charge in [0.2, 0.25) is 0 Å². The molecule has 0 saturated heterocycles. The maximum absolute atomic E-state index is 12.4. The zero-order valence-electron chi connectivity index (χ0n) is 14.1. The van der Waals surface area contributed by atoms with E-state index in [9.17, 15) is 4.79 Å². The fourth-order valence-electron chi connectivity index (χ4n) is 3.53. The maximum atomic E-state index is 12.4. The summed E-state index contributed by atoms with van der Waals surface area (Å²) in [4.78, 5) is 14.1. The molecule has 0 bridgehead atoms. The summed E-state index contributed by atoms with van der Waals surface area (Å²) in [6, 6.07) is 5.68. The number of nitrogens with zero attached hydrogens (tertiary/aromatic N) is 2. The molecule has 6 heteroatoms. The van der Waals surface area contributed by atoms with Crippen molar-refractivity contribution in [2.75, 3.05) is 12.4 Å². The summed E-state index contributed by atoms with van der Waals surface area (Å²) in [6.07, 6.45) is 4.37. The van der Waals surface area contributed by atoms with Gasteiger partial charge in [0.25, 0.3) is 0 Å². The summed E-state index contributed by atoms with van der Waals surface area (Å²) in [5, 5.41) is 10.4. The number of nitrogens with one attached hydrogen (secondary N) is 2. The molecule has 0 unspecified atom stereocenters. The van der Waals surface area contributed by atoms with E-state index in [1.807, 2.05) is 25.1 Å². The van der Waals surface area contributed by atoms with Gasteiger partial charge in [0.05, 0.1) is 12.2 Å². The van der Waals surface area contributed by atoms with Crippen LogP contribution in [0.4, 0.5) is 10.5 Å². The van der Waals surface area contributed by atoms with Gasteiger partial charge in [0, 0.05) is 24.8 Å². The van der Waals surface area contributed by atoms with Gasteiger partial charge >= 0.3 is 6.03 Å². The molecule has 1 aliphatic heterocycles. The van der Waals surface area contributed by atoms with Crippen molar-refractivity contribution < 1.29 is 9.53 Å². The topological polar surface area (TPSA) is 70.2 Å². The van der Waals surface area contributed by atoms with E-state index in [4.69, 9.17) is 4.74 Å². The Kier molecular flexibility index (Phi) is 3.67. The van der Waals surface area contributed by atoms with Crippen LogP contribution >= 0.6 is 0 Å². The molecule has 24 heavy (non-hydrogen) atoms. The van der Waals surface area contributed by atoms with Gasteiger partial charge in [0.1, 0.15) is 11.9 Å². The average molecular weight is 326 g/mol. The molecule has 2 N–H and O–H groups in total. The lowest BCUT2D eigenvalue weighted by Gasteiger charge is -2.17. The highest BCUT2D eigenvalue weighted by atomic mass is 16.5. The summed E-state index contributed by atoms with van der Waals surface area (Å²) >= 11 is 0. The summed E-state index contributed by atoms with van der Waals surface area (Å²) in [5.41, 5.74) is 5.45. The van der Waals surface area contributed by atoms with E-state index >= 15 is 0 Å². The number of hydrogen-bond acceptors (Lipinski definition) is 3. The number of aryl methyl sites for hydroxylation is 1. The Morgan fingerprint density at radius 1 is 1.46 bits per heavy atom. The number of carbonyl (C=O) groups excluding carboxylic acids is 1. The Hall–Kier alpha value is -2.50. The van der Waals surface area contributed by atoms with Crippen molar-refractivity contribution >= 4 is 11.7 Å². The zero-order chi connectivity index (χ0) is 16.7. The molecule has 0 spiro atoms. The second-order valence-electron chi connectivity index (χ2n) is 6.72. The molecule has 1 aliphatic carbocycles. The second-order valence-corrected chi connectivity index (χ2v) is 6.72. The fourth-order valence-corrected chi connectivity index (χ4v) is 3.53. The molecule has 2 aromatic rings. The third-order valence-electron chi connectivity index (χ3n) is 4.77. The molecule has 2 amide bonds. The third kappa shape index (κ3) is 2.72. The highest BCUT2D eigenvalue weighted by molar-refractivity contribution is 5.89. The average Bonchev–Trinajstić information content (AvgIpc) is 3.23. The molecule has 0 saturated carbocycles. The first kappa shape index (κ1) is 15.1. The summed E-state index contributed by atoms with van der Waals surface area (Å²) in [7, 11) is 1.80. The molecular formula is C18H22N4O2. The van der Waals surface area contributed by atoms with Gasteiger partial charge in [-0.25, -0.2) is 4.79 Å². The first-order chi connectivity index (χ1) is 11.6. The van der Waals surface area contributed by atoms with Gasteiger partial charge in [-0.05, 0) is 55.5 Å². The van der Waals surface area contributed by atoms with Gasteiger partial charge in [0.15, 0.2) is 0 Å². The van der Waals surface area contributed by atoms with Gasteiger partial charge in [-0.15, -0.1) is 0 Å². The molecule has 2 aliphatic rings. The molecule has 0 radical (unpaired) electrons. The molecule has 126 valence electrons. The number of rotatable bonds is 3. The lowest BCUT2D eigenvalue weighted by molar-refractivity contribution is 0.220. The first-order valence-corrected chi connectivity index (χ1v) is 8.47. The predicted octanol–water partition coefficient (Wildman–Crippen LogP) is 2.89. The molecule has 1 aromatic carbocycles. The standard InChI is InChI=1S/C18H22N4O2/c1-11-8-12-9-13(6-7-17(12)24-11)19-18(23)22(2)10-16-14-4-3-5-15(14)20-21-16/h6-7,9,11H,3-5,8,10H2,1-2H3,(H,19,23)(H,20,21)/t11-/m0/s1. The van der Waals surface area contributed by atoms with Crippen molar-refractivity contribution in [1.82, 2.24) is 15.1 Å². The Bertz CT molecular complexity index is 783. The zero-order valence-corrected chi connectivity index (χ0v) is 14.1. The van der Waals surface area contributed by atoms with Crippen LogP contribution < -0.4 is 10.1 Å². The van der Waals surface area contributed by atoms with Crippen LogP contribution in [0.25, 0.3) is 0 Å². The van der Waals surface area contributed by atoms with E-state index in [-0.39, 0.29) is 12.1 Å². The molecule has 0 fully saturated rings. The second kappa shape index (κ2) is 5.85. The van der Waals surface area contributed by atoms with Crippen molar-refractivity contribution in [1.29, 1.82) is 0 Å². The summed E-state index contributed by atoms with van der Waals surface area (Å²) in [6.45, 7) is 2.57. The number of ether oxygens (including phenoxy) is 1. The number of aromatic amines is 1. The SMILES string of the molecule is C[C@H]1Cc2cc(NC(=O)N(C)Cc3n[nH]c4c3CCC4)ccc2O1. The molecular weight excluding hydrogens is 304 g/mol. The lowest BCUT2D eigenvalue weighted by atomic mass is 10.1. The van der Waals surface area contributed by atoms with E-state index in [2.05, 4.69) is 15.5 Å². The lowest BCUT2D eigenvalue weighted by Crippen LogP contribution is -2.31. The number of aromatic nitrogens is 2. The minimum Gasteiger partial charge on any atom is -0.490 e. The van der Waals surface area contributed by atoms with Crippen molar-refractivity contribution in [2.45, 2.75) is 45.3 Å². The Labute approximate surface area is 141 Å². The van der Waals surface area contributed by atoms with Crippen LogP contribution in [0.1, 0.15) is 35.9 Å². The predicted molar refractivity (Wildman–Crippen MR) is 91.3 cm³/mol. The molecule has 1 atom stereocenters. The Balaban J connectivity index is 1.41.